The van der Waals surface area contributed by atoms with Crippen molar-refractivity contribution in [3.8, 4) is 0 Å². The number of benzene rings is 1. The average Bonchev–Trinajstić information content (AvgIpc) is 2.76. The van der Waals surface area contributed by atoms with Crippen molar-refractivity contribution in [1.29, 1.82) is 0 Å². The van der Waals surface area contributed by atoms with Crippen LogP contribution in [0.1, 0.15) is 12.5 Å². The van der Waals surface area contributed by atoms with E-state index in [1.165, 1.54) is 5.56 Å². The summed E-state index contributed by atoms with van der Waals surface area (Å²) in [6.07, 6.45) is 2.73. The van der Waals surface area contributed by atoms with Gasteiger partial charge in [0.2, 0.25) is 0 Å². The third-order valence-corrected chi connectivity index (χ3v) is 4.90. The van der Waals surface area contributed by atoms with Crippen LogP contribution in [0.3, 0.4) is 0 Å². The van der Waals surface area contributed by atoms with Crippen molar-refractivity contribution in [3.63, 3.8) is 0 Å². The lowest BCUT2D eigenvalue weighted by Crippen LogP contribution is -2.34. The molecule has 0 aromatic heterocycles. The normalized spacial score (nSPS) is 21.8. The van der Waals surface area contributed by atoms with E-state index in [9.17, 15) is 4.21 Å². The van der Waals surface area contributed by atoms with Crippen LogP contribution >= 0.6 is 11.8 Å². The van der Waals surface area contributed by atoms with E-state index < -0.39 is 10.8 Å². The third kappa shape index (κ3) is 4.99. The van der Waals surface area contributed by atoms with E-state index in [-0.39, 0.29) is 6.04 Å². The Balaban J connectivity index is 1.85. The van der Waals surface area contributed by atoms with Gasteiger partial charge >= 0.3 is 0 Å². The zero-order valence-corrected chi connectivity index (χ0v) is 13.0. The predicted molar refractivity (Wildman–Crippen MR) is 85.4 cm³/mol. The monoisotopic (exact) mass is 296 g/mol. The molecule has 1 aliphatic rings. The molecule has 0 fully saturated rings. The highest BCUT2D eigenvalue weighted by molar-refractivity contribution is 8.14. The Labute approximate surface area is 121 Å². The Morgan fingerprint density at radius 3 is 2.89 bits per heavy atom. The molecule has 104 valence electrons. The SMILES string of the molecule is CC(CS(C)=O)NC1=NC(Cc2ccccc2)CS1. The number of aliphatic imine (C=N–C) groups is 1. The maximum Gasteiger partial charge on any atom is 0.157 e. The fourth-order valence-electron chi connectivity index (χ4n) is 2.09. The van der Waals surface area contributed by atoms with Crippen molar-refractivity contribution >= 4 is 27.7 Å². The zero-order chi connectivity index (χ0) is 13.7. The summed E-state index contributed by atoms with van der Waals surface area (Å²) in [5.41, 5.74) is 1.33. The van der Waals surface area contributed by atoms with Gasteiger partial charge < -0.3 is 5.32 Å². The number of amidine groups is 1. The molecule has 3 nitrogen and oxygen atoms in total. The third-order valence-electron chi connectivity index (χ3n) is 2.88. The van der Waals surface area contributed by atoms with E-state index in [1.807, 2.05) is 6.07 Å². The summed E-state index contributed by atoms with van der Waals surface area (Å²) >= 11 is 1.77. The molecule has 0 saturated heterocycles. The lowest BCUT2D eigenvalue weighted by molar-refractivity contribution is 0.671. The van der Waals surface area contributed by atoms with Crippen LogP contribution in [0.5, 0.6) is 0 Å². The topological polar surface area (TPSA) is 41.5 Å². The first kappa shape index (κ1) is 14.6. The van der Waals surface area contributed by atoms with Crippen molar-refractivity contribution in [1.82, 2.24) is 5.32 Å². The van der Waals surface area contributed by atoms with Crippen LogP contribution in [-0.2, 0) is 17.2 Å². The minimum absolute atomic E-state index is 0.215. The van der Waals surface area contributed by atoms with Crippen molar-refractivity contribution < 1.29 is 4.21 Å². The van der Waals surface area contributed by atoms with Gasteiger partial charge in [0.25, 0.3) is 0 Å². The first-order chi connectivity index (χ1) is 9.13. The van der Waals surface area contributed by atoms with Gasteiger partial charge in [-0.2, -0.15) is 0 Å². The summed E-state index contributed by atoms with van der Waals surface area (Å²) in [6, 6.07) is 11.0. The number of hydrogen-bond donors (Lipinski definition) is 1. The highest BCUT2D eigenvalue weighted by atomic mass is 32.2. The molecule has 1 aromatic rings. The Morgan fingerprint density at radius 1 is 1.47 bits per heavy atom. The van der Waals surface area contributed by atoms with Crippen LogP contribution in [0.2, 0.25) is 0 Å². The van der Waals surface area contributed by atoms with Gasteiger partial charge in [0.1, 0.15) is 0 Å². The fraction of sp³-hybridized carbons (Fsp3) is 0.500. The van der Waals surface area contributed by atoms with E-state index in [2.05, 4.69) is 36.5 Å². The highest BCUT2D eigenvalue weighted by Crippen LogP contribution is 2.20. The minimum Gasteiger partial charge on any atom is -0.362 e. The number of nitrogens with one attached hydrogen (secondary N) is 1. The molecule has 2 rings (SSSR count). The molecular formula is C14H20N2OS2. The minimum atomic E-state index is -0.763. The molecule has 1 N–H and O–H groups in total. The number of rotatable bonds is 5. The zero-order valence-electron chi connectivity index (χ0n) is 11.3. The van der Waals surface area contributed by atoms with Gasteiger partial charge in [0.15, 0.2) is 5.17 Å². The molecule has 3 unspecified atom stereocenters. The van der Waals surface area contributed by atoms with Crippen LogP contribution in [-0.4, -0.2) is 39.2 Å². The summed E-state index contributed by atoms with van der Waals surface area (Å²) in [7, 11) is -0.763. The number of nitrogens with zero attached hydrogens (tertiary/aromatic N) is 1. The van der Waals surface area contributed by atoms with Crippen molar-refractivity contribution in [2.24, 2.45) is 4.99 Å². The summed E-state index contributed by atoms with van der Waals surface area (Å²) in [5.74, 6) is 1.70. The van der Waals surface area contributed by atoms with Gasteiger partial charge in [-0.25, -0.2) is 0 Å². The summed E-state index contributed by atoms with van der Waals surface area (Å²) < 4.78 is 11.2. The van der Waals surface area contributed by atoms with Crippen LogP contribution in [0.25, 0.3) is 0 Å². The summed E-state index contributed by atoms with van der Waals surface area (Å²) in [6.45, 7) is 2.05. The molecule has 0 saturated carbocycles. The molecular weight excluding hydrogens is 276 g/mol. The standard InChI is InChI=1S/C14H20N2OS2/c1-11(10-19(2)17)15-14-16-13(9-18-14)8-12-6-4-3-5-7-12/h3-7,11,13H,8-10H2,1-2H3,(H,15,16). The first-order valence-electron chi connectivity index (χ1n) is 6.44. The number of thioether (sulfide) groups is 1. The molecule has 1 aliphatic heterocycles. The quantitative estimate of drug-likeness (QED) is 0.904. The second kappa shape index (κ2) is 7.10. The second-order valence-electron chi connectivity index (χ2n) is 4.87. The van der Waals surface area contributed by atoms with Crippen LogP contribution in [0.15, 0.2) is 35.3 Å². The van der Waals surface area contributed by atoms with Crippen LogP contribution in [0, 0.1) is 0 Å². The highest BCUT2D eigenvalue weighted by Gasteiger charge is 2.19. The second-order valence-corrected chi connectivity index (χ2v) is 7.36. The van der Waals surface area contributed by atoms with Crippen LogP contribution < -0.4 is 5.32 Å². The summed E-state index contributed by atoms with van der Waals surface area (Å²) in [5, 5.41) is 4.34. The molecule has 1 aromatic carbocycles. The molecule has 0 bridgehead atoms. The Kier molecular flexibility index (Phi) is 5.45. The van der Waals surface area contributed by atoms with Gasteiger partial charge in [-0.1, -0.05) is 42.1 Å². The maximum absolute atomic E-state index is 11.2. The van der Waals surface area contributed by atoms with E-state index in [0.717, 1.165) is 17.3 Å². The fourth-order valence-corrected chi connectivity index (χ4v) is 3.93. The van der Waals surface area contributed by atoms with Gasteiger partial charge in [-0.3, -0.25) is 9.20 Å². The van der Waals surface area contributed by atoms with Crippen molar-refractivity contribution in [2.45, 2.75) is 25.4 Å². The first-order valence-corrected chi connectivity index (χ1v) is 9.16. The van der Waals surface area contributed by atoms with E-state index in [4.69, 9.17) is 4.99 Å². The lowest BCUT2D eigenvalue weighted by atomic mass is 10.1. The van der Waals surface area contributed by atoms with E-state index in [1.54, 1.807) is 18.0 Å². The Hall–Kier alpha value is -0.810. The average molecular weight is 296 g/mol. The molecule has 0 radical (unpaired) electrons. The molecule has 0 aliphatic carbocycles. The maximum atomic E-state index is 11.2. The Morgan fingerprint density at radius 2 is 2.21 bits per heavy atom. The molecule has 1 heterocycles. The van der Waals surface area contributed by atoms with Crippen LogP contribution in [0.4, 0.5) is 0 Å². The molecule has 19 heavy (non-hydrogen) atoms. The smallest absolute Gasteiger partial charge is 0.157 e. The van der Waals surface area contributed by atoms with E-state index in [0.29, 0.717) is 11.8 Å². The van der Waals surface area contributed by atoms with Gasteiger partial charge in [-0.15, -0.1) is 0 Å². The molecule has 3 atom stereocenters. The van der Waals surface area contributed by atoms with E-state index >= 15 is 0 Å². The molecule has 0 spiro atoms. The van der Waals surface area contributed by atoms with Gasteiger partial charge in [0, 0.05) is 34.6 Å². The molecule has 5 heteroatoms. The van der Waals surface area contributed by atoms with Gasteiger partial charge in [-0.05, 0) is 18.9 Å². The predicted octanol–water partition coefficient (Wildman–Crippen LogP) is 2.06. The van der Waals surface area contributed by atoms with Crippen molar-refractivity contribution in [2.75, 3.05) is 17.8 Å². The van der Waals surface area contributed by atoms with Gasteiger partial charge in [0.05, 0.1) is 6.04 Å². The largest absolute Gasteiger partial charge is 0.362 e. The lowest BCUT2D eigenvalue weighted by Gasteiger charge is -2.12. The number of hydrogen-bond acceptors (Lipinski definition) is 4. The molecule has 0 amide bonds. The summed E-state index contributed by atoms with van der Waals surface area (Å²) in [4.78, 5) is 4.70. The van der Waals surface area contributed by atoms with Crippen molar-refractivity contribution in [3.05, 3.63) is 35.9 Å². The Bertz CT molecular complexity index is 462.